The zero-order valence-electron chi connectivity index (χ0n) is 15.3. The normalized spacial score (nSPS) is 23.2. The molecule has 0 aliphatic carbocycles. The van der Waals surface area contributed by atoms with Crippen molar-refractivity contribution >= 4 is 5.91 Å². The topological polar surface area (TPSA) is 52.2 Å². The molecule has 0 unspecified atom stereocenters. The van der Waals surface area contributed by atoms with E-state index in [0.717, 1.165) is 39.0 Å². The molecular weight excluding hydrogens is 324 g/mol. The Morgan fingerprint density at radius 3 is 2.81 bits per heavy atom. The molecule has 2 bridgehead atoms. The third-order valence-corrected chi connectivity index (χ3v) is 5.82. The highest BCUT2D eigenvalue weighted by Gasteiger charge is 2.36. The van der Waals surface area contributed by atoms with Gasteiger partial charge in [0, 0.05) is 44.8 Å². The number of carbonyl (C=O) groups is 1. The van der Waals surface area contributed by atoms with Crippen LogP contribution in [-0.2, 0) is 17.8 Å². The molecule has 3 aliphatic rings. The van der Waals surface area contributed by atoms with Gasteiger partial charge >= 0.3 is 0 Å². The standard InChI is InChI=1S/C21H28N4O/c26-21(8-4-7-18-11-22-23-12-18)25-15-19-9-10-20(16-25)24(14-19)13-17-5-2-1-3-6-17/h1-3,5-6,11-12,19-20H,4,7-10,13-16H2,(H,22,23)/t19-,20-/m1/s1. The van der Waals surface area contributed by atoms with Gasteiger partial charge in [-0.25, -0.2) is 0 Å². The molecule has 3 aliphatic heterocycles. The Balaban J connectivity index is 1.32. The quantitative estimate of drug-likeness (QED) is 0.870. The third kappa shape index (κ3) is 4.15. The van der Waals surface area contributed by atoms with Gasteiger partial charge in [0.25, 0.3) is 0 Å². The molecule has 3 saturated heterocycles. The molecule has 1 aromatic heterocycles. The molecule has 3 fully saturated rings. The molecule has 2 aromatic rings. The minimum atomic E-state index is 0.326. The van der Waals surface area contributed by atoms with Crippen molar-refractivity contribution in [3.8, 4) is 0 Å². The zero-order chi connectivity index (χ0) is 17.8. The van der Waals surface area contributed by atoms with Crippen LogP contribution in [0, 0.1) is 5.92 Å². The number of amides is 1. The van der Waals surface area contributed by atoms with Gasteiger partial charge in [0.1, 0.15) is 0 Å². The lowest BCUT2D eigenvalue weighted by Crippen LogP contribution is -2.43. The Kier molecular flexibility index (Phi) is 5.34. The van der Waals surface area contributed by atoms with Crippen molar-refractivity contribution in [2.24, 2.45) is 5.92 Å². The van der Waals surface area contributed by atoms with E-state index in [1.54, 1.807) is 0 Å². The Morgan fingerprint density at radius 1 is 1.12 bits per heavy atom. The Morgan fingerprint density at radius 2 is 2.00 bits per heavy atom. The summed E-state index contributed by atoms with van der Waals surface area (Å²) in [7, 11) is 0. The fourth-order valence-corrected chi connectivity index (χ4v) is 4.41. The number of rotatable bonds is 6. The molecule has 5 heteroatoms. The maximum absolute atomic E-state index is 12.7. The van der Waals surface area contributed by atoms with Crippen LogP contribution in [0.15, 0.2) is 42.7 Å². The van der Waals surface area contributed by atoms with E-state index in [9.17, 15) is 4.79 Å². The van der Waals surface area contributed by atoms with E-state index < -0.39 is 0 Å². The first-order valence-electron chi connectivity index (χ1n) is 9.81. The molecule has 5 nitrogen and oxygen atoms in total. The lowest BCUT2D eigenvalue weighted by molar-refractivity contribution is -0.131. The number of aryl methyl sites for hydroxylation is 1. The van der Waals surface area contributed by atoms with Gasteiger partial charge in [-0.3, -0.25) is 14.8 Å². The lowest BCUT2D eigenvalue weighted by atomic mass is 9.94. The number of aromatic amines is 1. The van der Waals surface area contributed by atoms with Crippen LogP contribution in [0.4, 0.5) is 0 Å². The molecule has 4 heterocycles. The number of hydrogen-bond donors (Lipinski definition) is 1. The molecule has 1 N–H and O–H groups in total. The molecule has 0 radical (unpaired) electrons. The van der Waals surface area contributed by atoms with Gasteiger partial charge in [0.15, 0.2) is 0 Å². The van der Waals surface area contributed by atoms with Gasteiger partial charge in [0.05, 0.1) is 6.20 Å². The van der Waals surface area contributed by atoms with E-state index in [4.69, 9.17) is 0 Å². The summed E-state index contributed by atoms with van der Waals surface area (Å²) in [5, 5.41) is 6.80. The molecule has 1 aromatic carbocycles. The fourth-order valence-electron chi connectivity index (χ4n) is 4.41. The number of hydrogen-bond acceptors (Lipinski definition) is 3. The first kappa shape index (κ1) is 17.3. The second kappa shape index (κ2) is 8.04. The van der Waals surface area contributed by atoms with Gasteiger partial charge in [0.2, 0.25) is 5.91 Å². The van der Waals surface area contributed by atoms with Crippen molar-refractivity contribution < 1.29 is 4.79 Å². The molecule has 5 rings (SSSR count). The number of aromatic nitrogens is 2. The minimum Gasteiger partial charge on any atom is -0.341 e. The zero-order valence-corrected chi connectivity index (χ0v) is 15.3. The van der Waals surface area contributed by atoms with Gasteiger partial charge < -0.3 is 4.90 Å². The molecule has 0 saturated carbocycles. The Hall–Kier alpha value is -2.14. The number of nitrogens with zero attached hydrogens (tertiary/aromatic N) is 3. The predicted octanol–water partition coefficient (Wildman–Crippen LogP) is 2.86. The van der Waals surface area contributed by atoms with E-state index in [-0.39, 0.29) is 0 Å². The van der Waals surface area contributed by atoms with Gasteiger partial charge in [-0.05, 0) is 42.7 Å². The van der Waals surface area contributed by atoms with Crippen LogP contribution in [0.25, 0.3) is 0 Å². The van der Waals surface area contributed by atoms with Crippen molar-refractivity contribution in [1.82, 2.24) is 20.0 Å². The first-order chi connectivity index (χ1) is 12.8. The summed E-state index contributed by atoms with van der Waals surface area (Å²) in [5.41, 5.74) is 2.56. The number of fused-ring (bicyclic) bond motifs is 4. The third-order valence-electron chi connectivity index (χ3n) is 5.82. The summed E-state index contributed by atoms with van der Waals surface area (Å²) in [6.45, 7) is 3.96. The van der Waals surface area contributed by atoms with Crippen LogP contribution in [0.2, 0.25) is 0 Å². The molecule has 0 spiro atoms. The maximum atomic E-state index is 12.7. The highest BCUT2D eigenvalue weighted by molar-refractivity contribution is 5.76. The molecule has 1 amide bonds. The van der Waals surface area contributed by atoms with Crippen LogP contribution in [0.3, 0.4) is 0 Å². The first-order valence-corrected chi connectivity index (χ1v) is 9.81. The van der Waals surface area contributed by atoms with E-state index in [0.29, 0.717) is 24.3 Å². The van der Waals surface area contributed by atoms with Crippen molar-refractivity contribution in [2.75, 3.05) is 19.6 Å². The average molecular weight is 352 g/mol. The van der Waals surface area contributed by atoms with Crippen LogP contribution < -0.4 is 0 Å². The smallest absolute Gasteiger partial charge is 0.222 e. The van der Waals surface area contributed by atoms with E-state index >= 15 is 0 Å². The number of nitrogens with one attached hydrogen (secondary N) is 1. The number of piperidine rings is 1. The predicted molar refractivity (Wildman–Crippen MR) is 101 cm³/mol. The van der Waals surface area contributed by atoms with Crippen LogP contribution in [-0.4, -0.2) is 51.6 Å². The van der Waals surface area contributed by atoms with E-state index in [1.807, 2.05) is 12.4 Å². The van der Waals surface area contributed by atoms with Crippen molar-refractivity contribution in [1.29, 1.82) is 0 Å². The second-order valence-corrected chi connectivity index (χ2v) is 7.77. The summed E-state index contributed by atoms with van der Waals surface area (Å²) >= 11 is 0. The average Bonchev–Trinajstić information content (AvgIpc) is 3.01. The summed E-state index contributed by atoms with van der Waals surface area (Å²) in [6, 6.07) is 11.2. The molecule has 2 atom stereocenters. The van der Waals surface area contributed by atoms with E-state index in [1.165, 1.54) is 24.0 Å². The largest absolute Gasteiger partial charge is 0.341 e. The Labute approximate surface area is 155 Å². The lowest BCUT2D eigenvalue weighted by Gasteiger charge is -2.36. The number of H-pyrrole nitrogens is 1. The van der Waals surface area contributed by atoms with Crippen LogP contribution in [0.5, 0.6) is 0 Å². The summed E-state index contributed by atoms with van der Waals surface area (Å²) < 4.78 is 0. The van der Waals surface area contributed by atoms with Gasteiger partial charge in [-0.2, -0.15) is 5.10 Å². The monoisotopic (exact) mass is 352 g/mol. The SMILES string of the molecule is O=C(CCCc1cn[nH]c1)N1C[C@@H]2CC[C@H](C1)N(Cc1ccccc1)C2. The van der Waals surface area contributed by atoms with Crippen molar-refractivity contribution in [3.63, 3.8) is 0 Å². The summed E-state index contributed by atoms with van der Waals surface area (Å²) in [5.74, 6) is 0.947. The van der Waals surface area contributed by atoms with Crippen LogP contribution >= 0.6 is 0 Å². The fraction of sp³-hybridized carbons (Fsp3) is 0.524. The molecule has 26 heavy (non-hydrogen) atoms. The summed E-state index contributed by atoms with van der Waals surface area (Å²) in [4.78, 5) is 17.5. The van der Waals surface area contributed by atoms with Crippen molar-refractivity contribution in [3.05, 3.63) is 53.9 Å². The van der Waals surface area contributed by atoms with Gasteiger partial charge in [-0.1, -0.05) is 30.3 Å². The number of carbonyl (C=O) groups excluding carboxylic acids is 1. The van der Waals surface area contributed by atoms with Crippen LogP contribution in [0.1, 0.15) is 36.8 Å². The van der Waals surface area contributed by atoms with Gasteiger partial charge in [-0.15, -0.1) is 0 Å². The summed E-state index contributed by atoms with van der Waals surface area (Å²) in [6.07, 6.45) is 8.70. The minimum absolute atomic E-state index is 0.326. The second-order valence-electron chi connectivity index (χ2n) is 7.77. The number of benzene rings is 1. The van der Waals surface area contributed by atoms with E-state index in [2.05, 4.69) is 50.3 Å². The Bertz CT molecular complexity index is 700. The highest BCUT2D eigenvalue weighted by atomic mass is 16.2. The molecular formula is C21H28N4O. The molecule has 138 valence electrons. The maximum Gasteiger partial charge on any atom is 0.222 e. The highest BCUT2D eigenvalue weighted by Crippen LogP contribution is 2.29. The van der Waals surface area contributed by atoms with Crippen molar-refractivity contribution in [2.45, 2.75) is 44.7 Å².